The van der Waals surface area contributed by atoms with E-state index in [0.29, 0.717) is 0 Å². The number of nitrogens with two attached hydrogens (primary N) is 1. The molecule has 0 aliphatic heterocycles. The Morgan fingerprint density at radius 2 is 1.71 bits per heavy atom. The Kier molecular flexibility index (Phi) is 3.78. The van der Waals surface area contributed by atoms with Gasteiger partial charge in [0.15, 0.2) is 0 Å². The van der Waals surface area contributed by atoms with Gasteiger partial charge in [0, 0.05) is 12.3 Å². The van der Waals surface area contributed by atoms with Crippen LogP contribution in [0.2, 0.25) is 0 Å². The fraction of sp³-hybridized carbons (Fsp3) is 0.200. The first-order valence-electron chi connectivity index (χ1n) is 5.86. The van der Waals surface area contributed by atoms with E-state index < -0.39 is 0 Å². The average molecular weight is 227 g/mol. The molecule has 0 aromatic heterocycles. The van der Waals surface area contributed by atoms with E-state index in [9.17, 15) is 0 Å². The normalized spacial score (nSPS) is 10.4. The van der Waals surface area contributed by atoms with Crippen LogP contribution in [-0.2, 0) is 6.42 Å². The number of nitrogen functional groups attached to an aromatic ring is 1. The summed E-state index contributed by atoms with van der Waals surface area (Å²) in [5.41, 5.74) is 10.3. The Labute approximate surface area is 102 Å². The van der Waals surface area contributed by atoms with Crippen LogP contribution in [0.5, 0.6) is 0 Å². The number of hydrogen-bond donors (Lipinski definition) is 2. The van der Waals surface area contributed by atoms with E-state index in [2.05, 4.69) is 18.2 Å². The molecule has 0 aliphatic rings. The van der Waals surface area contributed by atoms with Crippen molar-refractivity contribution in [3.63, 3.8) is 0 Å². The molecule has 0 bridgehead atoms. The van der Waals surface area contributed by atoms with E-state index in [4.69, 9.17) is 10.8 Å². The molecule has 88 valence electrons. The highest BCUT2D eigenvalue weighted by Crippen LogP contribution is 2.28. The maximum atomic E-state index is 8.94. The Hall–Kier alpha value is -1.80. The molecule has 2 nitrogen and oxygen atoms in total. The van der Waals surface area contributed by atoms with E-state index in [-0.39, 0.29) is 6.61 Å². The monoisotopic (exact) mass is 227 g/mol. The fourth-order valence-corrected chi connectivity index (χ4v) is 2.03. The summed E-state index contributed by atoms with van der Waals surface area (Å²) in [4.78, 5) is 0. The fourth-order valence-electron chi connectivity index (χ4n) is 2.03. The molecule has 0 aliphatic carbocycles. The molecule has 2 heteroatoms. The highest BCUT2D eigenvalue weighted by Gasteiger charge is 2.07. The van der Waals surface area contributed by atoms with Crippen molar-refractivity contribution in [1.29, 1.82) is 0 Å². The first-order chi connectivity index (χ1) is 8.33. The summed E-state index contributed by atoms with van der Waals surface area (Å²) in [5.74, 6) is 0. The minimum Gasteiger partial charge on any atom is -0.398 e. The zero-order valence-corrected chi connectivity index (χ0v) is 9.76. The summed E-state index contributed by atoms with van der Waals surface area (Å²) < 4.78 is 0. The summed E-state index contributed by atoms with van der Waals surface area (Å²) >= 11 is 0. The van der Waals surface area contributed by atoms with Crippen LogP contribution in [0, 0.1) is 0 Å². The number of anilines is 1. The first-order valence-corrected chi connectivity index (χ1v) is 5.86. The zero-order chi connectivity index (χ0) is 12.1. The topological polar surface area (TPSA) is 46.2 Å². The van der Waals surface area contributed by atoms with Gasteiger partial charge in [0.1, 0.15) is 0 Å². The van der Waals surface area contributed by atoms with Crippen molar-refractivity contribution < 1.29 is 5.11 Å². The lowest BCUT2D eigenvalue weighted by molar-refractivity contribution is 0.288. The molecule has 2 rings (SSSR count). The summed E-state index contributed by atoms with van der Waals surface area (Å²) in [5, 5.41) is 8.94. The van der Waals surface area contributed by atoms with Crippen LogP contribution in [0.15, 0.2) is 48.5 Å². The highest BCUT2D eigenvalue weighted by atomic mass is 16.2. The lowest BCUT2D eigenvalue weighted by atomic mass is 9.95. The Morgan fingerprint density at radius 3 is 2.41 bits per heavy atom. The Balaban J connectivity index is 2.43. The van der Waals surface area contributed by atoms with Gasteiger partial charge < -0.3 is 10.8 Å². The first kappa shape index (κ1) is 11.7. The van der Waals surface area contributed by atoms with Crippen LogP contribution in [0.4, 0.5) is 5.69 Å². The van der Waals surface area contributed by atoms with Crippen molar-refractivity contribution in [1.82, 2.24) is 0 Å². The molecule has 0 unspecified atom stereocenters. The van der Waals surface area contributed by atoms with Gasteiger partial charge in [0.05, 0.1) is 0 Å². The van der Waals surface area contributed by atoms with Crippen LogP contribution in [0.3, 0.4) is 0 Å². The number of rotatable bonds is 4. The molecule has 0 heterocycles. The number of aliphatic hydroxyl groups excluding tert-OH is 1. The van der Waals surface area contributed by atoms with E-state index in [1.54, 1.807) is 0 Å². The molecule has 0 radical (unpaired) electrons. The molecule has 0 saturated heterocycles. The molecule has 0 amide bonds. The maximum Gasteiger partial charge on any atom is 0.0434 e. The molecular formula is C15H17NO. The van der Waals surface area contributed by atoms with E-state index in [1.165, 1.54) is 11.1 Å². The molecule has 0 saturated carbocycles. The second-order valence-corrected chi connectivity index (χ2v) is 4.07. The van der Waals surface area contributed by atoms with Gasteiger partial charge in [-0.2, -0.15) is 0 Å². The minimum atomic E-state index is 0.197. The third-order valence-electron chi connectivity index (χ3n) is 2.88. The molecule has 3 N–H and O–H groups in total. The summed E-state index contributed by atoms with van der Waals surface area (Å²) in [7, 11) is 0. The molecule has 0 fully saturated rings. The number of benzene rings is 2. The number of aliphatic hydroxyl groups is 1. The molecule has 0 atom stereocenters. The predicted octanol–water partition coefficient (Wildman–Crippen LogP) is 2.86. The second kappa shape index (κ2) is 5.51. The van der Waals surface area contributed by atoms with Crippen LogP contribution in [0.25, 0.3) is 11.1 Å². The lowest BCUT2D eigenvalue weighted by Crippen LogP contribution is -1.99. The third kappa shape index (κ3) is 2.66. The van der Waals surface area contributed by atoms with Gasteiger partial charge in [-0.1, -0.05) is 42.5 Å². The van der Waals surface area contributed by atoms with Crippen molar-refractivity contribution >= 4 is 5.69 Å². The van der Waals surface area contributed by atoms with Gasteiger partial charge in [-0.3, -0.25) is 0 Å². The second-order valence-electron chi connectivity index (χ2n) is 4.07. The Morgan fingerprint density at radius 1 is 0.941 bits per heavy atom. The summed E-state index contributed by atoms with van der Waals surface area (Å²) in [6.07, 6.45) is 1.56. The standard InChI is InChI=1S/C15H17NO/c16-15-10-4-8-13(14(15)9-5-11-17)12-6-2-1-3-7-12/h1-4,6-8,10,17H,5,9,11,16H2. The third-order valence-corrected chi connectivity index (χ3v) is 2.88. The van der Waals surface area contributed by atoms with Crippen LogP contribution in [-0.4, -0.2) is 11.7 Å². The maximum absolute atomic E-state index is 8.94. The molecule has 17 heavy (non-hydrogen) atoms. The van der Waals surface area contributed by atoms with Crippen LogP contribution in [0.1, 0.15) is 12.0 Å². The lowest BCUT2D eigenvalue weighted by Gasteiger charge is -2.12. The predicted molar refractivity (Wildman–Crippen MR) is 71.7 cm³/mol. The van der Waals surface area contributed by atoms with E-state index >= 15 is 0 Å². The van der Waals surface area contributed by atoms with Crippen molar-refractivity contribution in [3.05, 3.63) is 54.1 Å². The molecular weight excluding hydrogens is 210 g/mol. The van der Waals surface area contributed by atoms with Gasteiger partial charge in [-0.25, -0.2) is 0 Å². The largest absolute Gasteiger partial charge is 0.398 e. The molecule has 0 spiro atoms. The van der Waals surface area contributed by atoms with Crippen molar-refractivity contribution in [2.75, 3.05) is 12.3 Å². The molecule has 2 aromatic rings. The number of hydrogen-bond acceptors (Lipinski definition) is 2. The van der Waals surface area contributed by atoms with Gasteiger partial charge >= 0.3 is 0 Å². The SMILES string of the molecule is Nc1cccc(-c2ccccc2)c1CCCO. The van der Waals surface area contributed by atoms with Crippen molar-refractivity contribution in [2.24, 2.45) is 0 Å². The van der Waals surface area contributed by atoms with Crippen LogP contribution >= 0.6 is 0 Å². The summed E-state index contributed by atoms with van der Waals surface area (Å²) in [6, 6.07) is 16.2. The van der Waals surface area contributed by atoms with E-state index in [1.807, 2.05) is 30.3 Å². The van der Waals surface area contributed by atoms with Gasteiger partial charge in [-0.15, -0.1) is 0 Å². The quantitative estimate of drug-likeness (QED) is 0.789. The van der Waals surface area contributed by atoms with Crippen molar-refractivity contribution in [2.45, 2.75) is 12.8 Å². The smallest absolute Gasteiger partial charge is 0.0434 e. The minimum absolute atomic E-state index is 0.197. The molecule has 2 aromatic carbocycles. The Bertz CT molecular complexity index is 480. The van der Waals surface area contributed by atoms with Crippen molar-refractivity contribution in [3.8, 4) is 11.1 Å². The highest BCUT2D eigenvalue weighted by molar-refractivity contribution is 5.73. The van der Waals surface area contributed by atoms with Gasteiger partial charge in [0.25, 0.3) is 0 Å². The zero-order valence-electron chi connectivity index (χ0n) is 9.76. The van der Waals surface area contributed by atoms with Gasteiger partial charge in [-0.05, 0) is 35.6 Å². The van der Waals surface area contributed by atoms with Crippen LogP contribution < -0.4 is 5.73 Å². The summed E-state index contributed by atoms with van der Waals surface area (Å²) in [6.45, 7) is 0.197. The van der Waals surface area contributed by atoms with E-state index in [0.717, 1.165) is 24.1 Å². The average Bonchev–Trinajstić information content (AvgIpc) is 2.38. The van der Waals surface area contributed by atoms with Gasteiger partial charge in [0.2, 0.25) is 0 Å².